The summed E-state index contributed by atoms with van der Waals surface area (Å²) in [6, 6.07) is 6.66. The van der Waals surface area contributed by atoms with Crippen LogP contribution < -0.4 is 0 Å². The van der Waals surface area contributed by atoms with Crippen molar-refractivity contribution in [3.63, 3.8) is 0 Å². The third-order valence-electron chi connectivity index (χ3n) is 3.88. The quantitative estimate of drug-likeness (QED) is 0.400. The molecule has 2 rings (SSSR count). The number of hydrogen-bond donors (Lipinski definition) is 0. The van der Waals surface area contributed by atoms with Gasteiger partial charge >= 0.3 is 7.12 Å². The van der Waals surface area contributed by atoms with Crippen LogP contribution in [0.1, 0.15) is 38.7 Å². The molecule has 0 radical (unpaired) electrons. The molecular formula is C18H27BO5S. The lowest BCUT2D eigenvalue weighted by atomic mass is 9.83. The summed E-state index contributed by atoms with van der Waals surface area (Å²) in [6.45, 7) is 7.69. The van der Waals surface area contributed by atoms with Crippen molar-refractivity contribution in [2.24, 2.45) is 5.41 Å². The maximum atomic E-state index is 12.0. The Morgan fingerprint density at radius 3 is 2.44 bits per heavy atom. The fraction of sp³-hybridized carbons (Fsp3) is 0.556. The van der Waals surface area contributed by atoms with Gasteiger partial charge in [-0.05, 0) is 38.3 Å². The van der Waals surface area contributed by atoms with E-state index >= 15 is 0 Å². The minimum atomic E-state index is -3.66. The molecule has 0 aromatic heterocycles. The highest BCUT2D eigenvalue weighted by molar-refractivity contribution is 7.86. The van der Waals surface area contributed by atoms with Crippen LogP contribution in [0.15, 0.2) is 41.2 Å². The molecule has 1 saturated heterocycles. The van der Waals surface area contributed by atoms with Gasteiger partial charge in [0, 0.05) is 18.6 Å². The lowest BCUT2D eigenvalue weighted by Crippen LogP contribution is -2.39. The highest BCUT2D eigenvalue weighted by Crippen LogP contribution is 2.21. The van der Waals surface area contributed by atoms with Gasteiger partial charge in [0.1, 0.15) is 0 Å². The zero-order valence-electron chi connectivity index (χ0n) is 15.2. The highest BCUT2D eigenvalue weighted by atomic mass is 32.2. The molecule has 25 heavy (non-hydrogen) atoms. The molecule has 0 spiro atoms. The Bertz CT molecular complexity index is 657. The zero-order valence-corrected chi connectivity index (χ0v) is 16.1. The molecule has 1 heterocycles. The average Bonchev–Trinajstić information content (AvgIpc) is 2.55. The summed E-state index contributed by atoms with van der Waals surface area (Å²) < 4.78 is 40.3. The van der Waals surface area contributed by atoms with Crippen LogP contribution in [-0.2, 0) is 23.6 Å². The van der Waals surface area contributed by atoms with Gasteiger partial charge < -0.3 is 9.31 Å². The summed E-state index contributed by atoms with van der Waals surface area (Å²) in [4.78, 5) is 0.201. The maximum Gasteiger partial charge on any atom is 0.485 e. The first-order valence-corrected chi connectivity index (χ1v) is 10.1. The SMILES string of the molecule is Cc1ccc(S(=O)(=O)OCCCC/C=C/B2OCC(C)(C)CO2)cc1. The predicted octanol–water partition coefficient (Wildman–Crippen LogP) is 3.53. The van der Waals surface area contributed by atoms with E-state index in [1.165, 1.54) is 0 Å². The molecule has 5 nitrogen and oxygen atoms in total. The number of unbranched alkanes of at least 4 members (excludes halogenated alkanes) is 2. The van der Waals surface area contributed by atoms with Gasteiger partial charge in [0.05, 0.1) is 11.5 Å². The van der Waals surface area contributed by atoms with Crippen molar-refractivity contribution in [2.75, 3.05) is 19.8 Å². The Morgan fingerprint density at radius 1 is 1.16 bits per heavy atom. The van der Waals surface area contributed by atoms with Gasteiger partial charge in [-0.15, -0.1) is 0 Å². The molecule has 138 valence electrons. The molecule has 1 aromatic carbocycles. The monoisotopic (exact) mass is 366 g/mol. The van der Waals surface area contributed by atoms with Crippen LogP contribution in [0.3, 0.4) is 0 Å². The normalized spacial score (nSPS) is 18.0. The molecule has 0 amide bonds. The van der Waals surface area contributed by atoms with E-state index in [1.54, 1.807) is 24.3 Å². The maximum absolute atomic E-state index is 12.0. The Kier molecular flexibility index (Phi) is 7.25. The first-order valence-electron chi connectivity index (χ1n) is 8.64. The van der Waals surface area contributed by atoms with E-state index in [4.69, 9.17) is 13.5 Å². The Hall–Kier alpha value is -1.15. The standard InChI is InChI=1S/C18H27BO5S/c1-16-8-10-17(11-9-16)25(20,21)24-13-7-5-4-6-12-19-22-14-18(2,3)15-23-19/h6,8-12H,4-5,7,13-15H2,1-3H3/b12-6+. The van der Waals surface area contributed by atoms with Gasteiger partial charge in [0.25, 0.3) is 10.1 Å². The highest BCUT2D eigenvalue weighted by Gasteiger charge is 2.30. The lowest BCUT2D eigenvalue weighted by molar-refractivity contribution is 0.0336. The largest absolute Gasteiger partial charge is 0.485 e. The molecule has 0 bridgehead atoms. The van der Waals surface area contributed by atoms with E-state index in [1.807, 2.05) is 19.0 Å². The molecule has 0 aliphatic carbocycles. The van der Waals surface area contributed by atoms with Gasteiger partial charge in [-0.25, -0.2) is 0 Å². The lowest BCUT2D eigenvalue weighted by Gasteiger charge is -2.31. The van der Waals surface area contributed by atoms with E-state index in [0.717, 1.165) is 18.4 Å². The summed E-state index contributed by atoms with van der Waals surface area (Å²) in [6.07, 6.45) is 4.37. The second-order valence-corrected chi connectivity index (χ2v) is 8.78. The number of rotatable bonds is 8. The first-order chi connectivity index (χ1) is 11.8. The zero-order chi connectivity index (χ0) is 18.3. The molecule has 0 N–H and O–H groups in total. The van der Waals surface area contributed by atoms with Crippen LogP contribution in [0, 0.1) is 12.3 Å². The summed E-state index contributed by atoms with van der Waals surface area (Å²) in [5, 5.41) is 0. The van der Waals surface area contributed by atoms with Crippen molar-refractivity contribution in [1.29, 1.82) is 0 Å². The van der Waals surface area contributed by atoms with Crippen LogP contribution in [0.4, 0.5) is 0 Å². The first kappa shape index (κ1) is 20.2. The molecule has 1 aliphatic heterocycles. The molecule has 0 atom stereocenters. The molecule has 1 aromatic rings. The summed E-state index contributed by atoms with van der Waals surface area (Å²) in [5.41, 5.74) is 1.09. The third-order valence-corrected chi connectivity index (χ3v) is 5.21. The van der Waals surface area contributed by atoms with Crippen LogP contribution in [0.2, 0.25) is 0 Å². The second kappa shape index (κ2) is 8.99. The van der Waals surface area contributed by atoms with Gasteiger partial charge in [-0.1, -0.05) is 43.6 Å². The Balaban J connectivity index is 1.62. The minimum Gasteiger partial charge on any atom is -0.407 e. The van der Waals surface area contributed by atoms with E-state index < -0.39 is 10.1 Å². The van der Waals surface area contributed by atoms with E-state index in [-0.39, 0.29) is 24.0 Å². The van der Waals surface area contributed by atoms with Gasteiger partial charge in [-0.3, -0.25) is 4.18 Å². The average molecular weight is 366 g/mol. The van der Waals surface area contributed by atoms with Gasteiger partial charge in [0.2, 0.25) is 0 Å². The van der Waals surface area contributed by atoms with E-state index in [0.29, 0.717) is 19.6 Å². The molecule has 1 fully saturated rings. The van der Waals surface area contributed by atoms with Gasteiger partial charge in [0.15, 0.2) is 0 Å². The minimum absolute atomic E-state index is 0.0740. The molecule has 0 saturated carbocycles. The fourth-order valence-electron chi connectivity index (χ4n) is 2.33. The molecular weight excluding hydrogens is 339 g/mol. The van der Waals surface area contributed by atoms with Crippen LogP contribution >= 0.6 is 0 Å². The third kappa shape index (κ3) is 6.94. The number of hydrogen-bond acceptors (Lipinski definition) is 5. The van der Waals surface area contributed by atoms with Crippen molar-refractivity contribution >= 4 is 17.2 Å². The molecule has 7 heteroatoms. The number of benzene rings is 1. The van der Waals surface area contributed by atoms with Crippen molar-refractivity contribution in [3.05, 3.63) is 41.9 Å². The Labute approximate surface area is 151 Å². The summed E-state index contributed by atoms with van der Waals surface area (Å²) in [7, 11) is -3.93. The van der Waals surface area contributed by atoms with Crippen LogP contribution in [-0.4, -0.2) is 35.4 Å². The van der Waals surface area contributed by atoms with Crippen LogP contribution in [0.5, 0.6) is 0 Å². The smallest absolute Gasteiger partial charge is 0.407 e. The van der Waals surface area contributed by atoms with Crippen molar-refractivity contribution < 1.29 is 21.9 Å². The fourth-order valence-corrected chi connectivity index (χ4v) is 3.27. The van der Waals surface area contributed by atoms with Crippen molar-refractivity contribution in [2.45, 2.75) is 44.9 Å². The molecule has 0 unspecified atom stereocenters. The van der Waals surface area contributed by atoms with E-state index in [9.17, 15) is 8.42 Å². The van der Waals surface area contributed by atoms with Crippen LogP contribution in [0.25, 0.3) is 0 Å². The topological polar surface area (TPSA) is 61.8 Å². The number of aryl methyl sites for hydroxylation is 1. The Morgan fingerprint density at radius 2 is 1.80 bits per heavy atom. The van der Waals surface area contributed by atoms with Crippen molar-refractivity contribution in [1.82, 2.24) is 0 Å². The summed E-state index contributed by atoms with van der Waals surface area (Å²) >= 11 is 0. The predicted molar refractivity (Wildman–Crippen MR) is 98.7 cm³/mol. The molecule has 1 aliphatic rings. The second-order valence-electron chi connectivity index (χ2n) is 7.17. The number of allylic oxidation sites excluding steroid dienone is 1. The van der Waals surface area contributed by atoms with E-state index in [2.05, 4.69) is 13.8 Å². The summed E-state index contributed by atoms with van der Waals surface area (Å²) in [5.74, 6) is 1.92. The van der Waals surface area contributed by atoms with Gasteiger partial charge in [-0.2, -0.15) is 8.42 Å². The van der Waals surface area contributed by atoms with Crippen molar-refractivity contribution in [3.8, 4) is 0 Å².